The first kappa shape index (κ1) is 39.7. The fourth-order valence-corrected chi connectivity index (χ4v) is 3.55. The van der Waals surface area contributed by atoms with Gasteiger partial charge in [0.25, 0.3) is 0 Å². The molecule has 0 bridgehead atoms. The van der Waals surface area contributed by atoms with Gasteiger partial charge in [-0.3, -0.25) is 0 Å². The molecule has 2 fully saturated rings. The maximum atomic E-state index is 4.76. The second-order valence-corrected chi connectivity index (χ2v) is 8.98. The number of thioether (sulfide) groups is 1. The molecule has 178 valence electrons. The first-order chi connectivity index (χ1) is 13.6. The van der Waals surface area contributed by atoms with E-state index in [0.29, 0.717) is 0 Å². The van der Waals surface area contributed by atoms with Crippen LogP contribution in [0.4, 0.5) is 0 Å². The molecule has 0 aromatic rings. The van der Waals surface area contributed by atoms with Crippen molar-refractivity contribution in [2.75, 3.05) is 11.6 Å². The summed E-state index contributed by atoms with van der Waals surface area (Å²) in [4.78, 5) is 0. The Hall–Kier alpha value is 1.28. The second kappa shape index (κ2) is 46.5. The molecule has 28 heavy (non-hydrogen) atoms. The van der Waals surface area contributed by atoms with Crippen molar-refractivity contribution in [2.24, 2.45) is 0 Å². The summed E-state index contributed by atoms with van der Waals surface area (Å²) in [5.41, 5.74) is 0. The molecule has 0 heterocycles. The van der Waals surface area contributed by atoms with Crippen LogP contribution in [0.15, 0.2) is 0 Å². The average molecular weight is 480 g/mol. The number of hydrogen-bond donors (Lipinski definition) is 1. The Balaban J connectivity index is -0.0000000805. The quantitative estimate of drug-likeness (QED) is 0.288. The van der Waals surface area contributed by atoms with E-state index in [2.05, 4.69) is 46.6 Å². The Morgan fingerprint density at radius 1 is 0.679 bits per heavy atom. The standard InChI is InChI=1S/C7H14S.C6H12S.2C3H8.2C2H6.CH2Cl2/c1-8-7-5-3-2-4-6-7;7-6-4-2-1-3-5-6;2*1-3-2;2*1-2;2-1-3/h7H,2-6H2,1H3;6-7H,1-5H2;2*3H2,1-2H3;2*1-2H3;1H2. The van der Waals surface area contributed by atoms with Crippen molar-refractivity contribution in [1.29, 1.82) is 0 Å². The minimum absolute atomic E-state index is 0.194. The minimum atomic E-state index is 0.194. The van der Waals surface area contributed by atoms with Gasteiger partial charge >= 0.3 is 0 Å². The number of thiol groups is 1. The zero-order chi connectivity index (χ0) is 23.1. The largest absolute Gasteiger partial charge is 0.176 e. The Labute approximate surface area is 201 Å². The van der Waals surface area contributed by atoms with E-state index < -0.39 is 0 Å². The Morgan fingerprint density at radius 3 is 1.07 bits per heavy atom. The maximum absolute atomic E-state index is 4.76. The fraction of sp³-hybridized carbons (Fsp3) is 1.00. The van der Waals surface area contributed by atoms with Gasteiger partial charge in [-0.2, -0.15) is 24.4 Å². The van der Waals surface area contributed by atoms with Crippen LogP contribution < -0.4 is 0 Å². The highest BCUT2D eigenvalue weighted by molar-refractivity contribution is 7.99. The Morgan fingerprint density at radius 2 is 0.929 bits per heavy atom. The summed E-state index contributed by atoms with van der Waals surface area (Å²) in [6.07, 6.45) is 19.1. The molecule has 0 amide bonds. The number of halogens is 2. The molecule has 0 aromatic carbocycles. The topological polar surface area (TPSA) is 0 Å². The average Bonchev–Trinajstić information content (AvgIpc) is 2.74. The highest BCUT2D eigenvalue weighted by Gasteiger charge is 2.10. The predicted molar refractivity (Wildman–Crippen MR) is 147 cm³/mol. The first-order valence-electron chi connectivity index (χ1n) is 11.9. The molecule has 0 N–H and O–H groups in total. The van der Waals surface area contributed by atoms with Crippen molar-refractivity contribution < 1.29 is 0 Å². The zero-order valence-corrected chi connectivity index (χ0v) is 24.2. The third-order valence-corrected chi connectivity index (χ3v) is 5.11. The van der Waals surface area contributed by atoms with E-state index in [1.54, 1.807) is 0 Å². The minimum Gasteiger partial charge on any atom is -0.176 e. The molecular formula is C24H56Cl2S2. The van der Waals surface area contributed by atoms with Crippen molar-refractivity contribution in [2.45, 2.75) is 143 Å². The zero-order valence-electron chi connectivity index (χ0n) is 21.0. The summed E-state index contributed by atoms with van der Waals surface area (Å²) in [6, 6.07) is 0. The van der Waals surface area contributed by atoms with Crippen LogP contribution in [0.2, 0.25) is 0 Å². The van der Waals surface area contributed by atoms with E-state index in [-0.39, 0.29) is 5.34 Å². The van der Waals surface area contributed by atoms with E-state index in [1.165, 1.54) is 77.0 Å². The van der Waals surface area contributed by atoms with Gasteiger partial charge in [0.1, 0.15) is 0 Å². The van der Waals surface area contributed by atoms with Crippen LogP contribution in [0.5, 0.6) is 0 Å². The lowest BCUT2D eigenvalue weighted by molar-refractivity contribution is 0.516. The molecule has 0 aliphatic heterocycles. The summed E-state index contributed by atoms with van der Waals surface area (Å²) in [7, 11) is 0. The summed E-state index contributed by atoms with van der Waals surface area (Å²) in [6.45, 7) is 16.5. The van der Waals surface area contributed by atoms with Crippen molar-refractivity contribution in [3.05, 3.63) is 0 Å². The summed E-state index contributed by atoms with van der Waals surface area (Å²) in [5.74, 6) is 0. The monoisotopic (exact) mass is 478 g/mol. The molecular weight excluding hydrogens is 423 g/mol. The molecule has 0 saturated heterocycles. The van der Waals surface area contributed by atoms with Crippen molar-refractivity contribution >= 4 is 47.6 Å². The lowest BCUT2D eigenvalue weighted by atomic mass is 10.0. The van der Waals surface area contributed by atoms with Crippen LogP contribution in [-0.4, -0.2) is 22.1 Å². The van der Waals surface area contributed by atoms with Gasteiger partial charge in [-0.25, -0.2) is 0 Å². The summed E-state index contributed by atoms with van der Waals surface area (Å²) < 4.78 is 0. The number of rotatable bonds is 1. The van der Waals surface area contributed by atoms with Gasteiger partial charge in [-0.1, -0.05) is 107 Å². The van der Waals surface area contributed by atoms with Crippen LogP contribution in [0.25, 0.3) is 0 Å². The van der Waals surface area contributed by atoms with Crippen LogP contribution in [0, 0.1) is 0 Å². The van der Waals surface area contributed by atoms with Gasteiger partial charge in [0, 0.05) is 10.5 Å². The van der Waals surface area contributed by atoms with Gasteiger partial charge in [-0.15, -0.1) is 23.2 Å². The van der Waals surface area contributed by atoms with E-state index in [9.17, 15) is 0 Å². The first-order valence-corrected chi connectivity index (χ1v) is 14.8. The molecule has 0 aromatic heterocycles. The lowest BCUT2D eigenvalue weighted by Crippen LogP contribution is -2.06. The molecule has 2 aliphatic carbocycles. The van der Waals surface area contributed by atoms with E-state index in [1.807, 2.05) is 39.5 Å². The molecule has 2 rings (SSSR count). The number of alkyl halides is 2. The molecule has 0 atom stereocenters. The Bertz CT molecular complexity index is 177. The van der Waals surface area contributed by atoms with Crippen LogP contribution >= 0.6 is 47.6 Å². The maximum Gasteiger partial charge on any atom is 0.0967 e. The SMILES string of the molecule is CC.CC.CCC.CCC.CSC1CCCCC1.ClCCl.SC1CCCCC1. The summed E-state index contributed by atoms with van der Waals surface area (Å²) in [5, 5.41) is 1.93. The second-order valence-electron chi connectivity index (χ2n) is 6.30. The van der Waals surface area contributed by atoms with Gasteiger partial charge < -0.3 is 0 Å². The van der Waals surface area contributed by atoms with Gasteiger partial charge in [0.05, 0.1) is 5.34 Å². The fourth-order valence-electron chi connectivity index (χ4n) is 2.38. The van der Waals surface area contributed by atoms with Crippen molar-refractivity contribution in [3.63, 3.8) is 0 Å². The van der Waals surface area contributed by atoms with Crippen molar-refractivity contribution in [3.8, 4) is 0 Å². The van der Waals surface area contributed by atoms with Crippen LogP contribution in [0.3, 0.4) is 0 Å². The Kier molecular flexibility index (Phi) is 65.9. The van der Waals surface area contributed by atoms with Crippen LogP contribution in [-0.2, 0) is 0 Å². The lowest BCUT2D eigenvalue weighted by Gasteiger charge is -2.18. The molecule has 2 saturated carbocycles. The molecule has 0 nitrogen and oxygen atoms in total. The third kappa shape index (κ3) is 50.7. The molecule has 0 spiro atoms. The van der Waals surface area contributed by atoms with Crippen LogP contribution in [0.1, 0.15) is 132 Å². The van der Waals surface area contributed by atoms with Gasteiger partial charge in [-0.05, 0) is 31.9 Å². The van der Waals surface area contributed by atoms with E-state index in [0.717, 1.165) is 10.5 Å². The van der Waals surface area contributed by atoms with Gasteiger partial charge in [0.2, 0.25) is 0 Å². The smallest absolute Gasteiger partial charge is 0.0967 e. The molecule has 4 heteroatoms. The highest BCUT2D eigenvalue weighted by atomic mass is 35.5. The predicted octanol–water partition coefficient (Wildman–Crippen LogP) is 11.2. The highest BCUT2D eigenvalue weighted by Crippen LogP contribution is 2.25. The van der Waals surface area contributed by atoms with E-state index >= 15 is 0 Å². The van der Waals surface area contributed by atoms with E-state index in [4.69, 9.17) is 23.2 Å². The number of hydrogen-bond acceptors (Lipinski definition) is 2. The molecule has 0 radical (unpaired) electrons. The molecule has 0 unspecified atom stereocenters. The third-order valence-electron chi connectivity index (χ3n) is 3.46. The van der Waals surface area contributed by atoms with Gasteiger partial charge in [0.15, 0.2) is 0 Å². The summed E-state index contributed by atoms with van der Waals surface area (Å²) >= 11 is 15.9. The van der Waals surface area contributed by atoms with Crippen molar-refractivity contribution in [1.82, 2.24) is 0 Å². The normalized spacial score (nSPS) is 15.4. The molecule has 2 aliphatic rings.